The molecule has 2 aromatic rings. The van der Waals surface area contributed by atoms with Crippen LogP contribution in [0.5, 0.6) is 0 Å². The lowest BCUT2D eigenvalue weighted by atomic mass is 10.1. The first-order chi connectivity index (χ1) is 11.3. The lowest BCUT2D eigenvalue weighted by molar-refractivity contribution is -0.384. The zero-order valence-electron chi connectivity index (χ0n) is 14.1. The Morgan fingerprint density at radius 3 is 2.54 bits per heavy atom. The normalized spacial score (nSPS) is 11.7. The van der Waals surface area contributed by atoms with Gasteiger partial charge in [-0.25, -0.2) is 4.98 Å². The summed E-state index contributed by atoms with van der Waals surface area (Å²) in [7, 11) is 5.39. The van der Waals surface area contributed by atoms with Gasteiger partial charge in [0.15, 0.2) is 0 Å². The molecular formula is C17H20N4O3. The molecule has 2 rings (SSSR count). The molecule has 1 aromatic heterocycles. The number of benzene rings is 1. The van der Waals surface area contributed by atoms with Gasteiger partial charge in [0.05, 0.1) is 11.0 Å². The Hall–Kier alpha value is -2.96. The molecule has 0 aliphatic rings. The van der Waals surface area contributed by atoms with E-state index in [1.165, 1.54) is 12.1 Å². The third-order valence-corrected chi connectivity index (χ3v) is 3.92. The zero-order valence-corrected chi connectivity index (χ0v) is 14.1. The van der Waals surface area contributed by atoms with Gasteiger partial charge < -0.3 is 9.80 Å². The van der Waals surface area contributed by atoms with Crippen LogP contribution in [0.4, 0.5) is 11.5 Å². The summed E-state index contributed by atoms with van der Waals surface area (Å²) in [5.41, 5.74) is 1.24. The van der Waals surface area contributed by atoms with Gasteiger partial charge in [0.25, 0.3) is 11.6 Å². The van der Waals surface area contributed by atoms with Gasteiger partial charge in [-0.15, -0.1) is 0 Å². The highest BCUT2D eigenvalue weighted by Crippen LogP contribution is 2.24. The SMILES string of the molecule is C[C@@H](c1cccc([N+](=O)[O-])c1)N(C)C(=O)c1ccnc(N(C)C)c1. The molecular weight excluding hydrogens is 308 g/mol. The van der Waals surface area contributed by atoms with E-state index in [4.69, 9.17) is 0 Å². The van der Waals surface area contributed by atoms with Crippen LogP contribution in [0.2, 0.25) is 0 Å². The Morgan fingerprint density at radius 2 is 1.92 bits per heavy atom. The van der Waals surface area contributed by atoms with Crippen LogP contribution in [0.25, 0.3) is 0 Å². The summed E-state index contributed by atoms with van der Waals surface area (Å²) < 4.78 is 0. The van der Waals surface area contributed by atoms with Crippen LogP contribution >= 0.6 is 0 Å². The van der Waals surface area contributed by atoms with Crippen molar-refractivity contribution < 1.29 is 9.72 Å². The summed E-state index contributed by atoms with van der Waals surface area (Å²) in [5, 5.41) is 10.9. The number of pyridine rings is 1. The number of amides is 1. The van der Waals surface area contributed by atoms with E-state index in [1.54, 1.807) is 42.4 Å². The summed E-state index contributed by atoms with van der Waals surface area (Å²) >= 11 is 0. The first-order valence-electron chi connectivity index (χ1n) is 7.46. The monoisotopic (exact) mass is 328 g/mol. The van der Waals surface area contributed by atoms with E-state index in [0.29, 0.717) is 16.9 Å². The summed E-state index contributed by atoms with van der Waals surface area (Å²) in [6.07, 6.45) is 1.59. The number of nitrogens with zero attached hydrogens (tertiary/aromatic N) is 4. The number of hydrogen-bond acceptors (Lipinski definition) is 5. The van der Waals surface area contributed by atoms with Crippen molar-refractivity contribution in [3.8, 4) is 0 Å². The maximum absolute atomic E-state index is 12.7. The van der Waals surface area contributed by atoms with Gasteiger partial charge in [-0.2, -0.15) is 0 Å². The first-order valence-corrected chi connectivity index (χ1v) is 7.46. The standard InChI is InChI=1S/C17H20N4O3/c1-12(13-6-5-7-15(10-13)21(23)24)20(4)17(22)14-8-9-18-16(11-14)19(2)3/h5-12H,1-4H3/t12-/m0/s1. The fourth-order valence-corrected chi connectivity index (χ4v) is 2.30. The van der Waals surface area contributed by atoms with E-state index in [2.05, 4.69) is 4.98 Å². The number of nitro benzene ring substituents is 1. The molecule has 1 atom stereocenters. The minimum Gasteiger partial charge on any atom is -0.363 e. The van der Waals surface area contributed by atoms with Crippen LogP contribution in [0.15, 0.2) is 42.6 Å². The Balaban J connectivity index is 2.25. The molecule has 1 aromatic carbocycles. The second-order valence-corrected chi connectivity index (χ2v) is 5.74. The largest absolute Gasteiger partial charge is 0.363 e. The van der Waals surface area contributed by atoms with E-state index in [9.17, 15) is 14.9 Å². The molecule has 1 heterocycles. The van der Waals surface area contributed by atoms with Crippen LogP contribution in [-0.4, -0.2) is 41.9 Å². The number of hydrogen-bond donors (Lipinski definition) is 0. The molecule has 0 saturated carbocycles. The van der Waals surface area contributed by atoms with Gasteiger partial charge in [0.1, 0.15) is 5.82 Å². The van der Waals surface area contributed by atoms with Crippen molar-refractivity contribution in [1.82, 2.24) is 9.88 Å². The van der Waals surface area contributed by atoms with E-state index in [-0.39, 0.29) is 17.6 Å². The molecule has 0 bridgehead atoms. The van der Waals surface area contributed by atoms with Crippen molar-refractivity contribution in [3.05, 3.63) is 63.8 Å². The van der Waals surface area contributed by atoms with E-state index in [1.807, 2.05) is 25.9 Å². The Morgan fingerprint density at radius 1 is 1.21 bits per heavy atom. The van der Waals surface area contributed by atoms with Crippen LogP contribution in [0.1, 0.15) is 28.9 Å². The minimum absolute atomic E-state index is 0.0130. The lowest BCUT2D eigenvalue weighted by Gasteiger charge is -2.25. The third kappa shape index (κ3) is 3.68. The Labute approximate surface area is 140 Å². The topological polar surface area (TPSA) is 79.6 Å². The second-order valence-electron chi connectivity index (χ2n) is 5.74. The van der Waals surface area contributed by atoms with Gasteiger partial charge in [-0.05, 0) is 24.6 Å². The van der Waals surface area contributed by atoms with E-state index >= 15 is 0 Å². The molecule has 24 heavy (non-hydrogen) atoms. The molecule has 0 fully saturated rings. The Bertz CT molecular complexity index is 761. The van der Waals surface area contributed by atoms with E-state index < -0.39 is 4.92 Å². The highest BCUT2D eigenvalue weighted by atomic mass is 16.6. The smallest absolute Gasteiger partial charge is 0.269 e. The predicted molar refractivity (Wildman–Crippen MR) is 92.2 cm³/mol. The van der Waals surface area contributed by atoms with Crippen LogP contribution < -0.4 is 4.90 Å². The van der Waals surface area contributed by atoms with Gasteiger partial charge in [-0.3, -0.25) is 14.9 Å². The average molecular weight is 328 g/mol. The summed E-state index contributed by atoms with van der Waals surface area (Å²) in [4.78, 5) is 30.8. The van der Waals surface area contributed by atoms with Crippen LogP contribution in [-0.2, 0) is 0 Å². The molecule has 126 valence electrons. The average Bonchev–Trinajstić information content (AvgIpc) is 2.59. The van der Waals surface area contributed by atoms with Crippen LogP contribution in [0.3, 0.4) is 0 Å². The van der Waals surface area contributed by atoms with E-state index in [0.717, 1.165) is 0 Å². The van der Waals surface area contributed by atoms with Crippen molar-refractivity contribution >= 4 is 17.4 Å². The van der Waals surface area contributed by atoms with Crippen molar-refractivity contribution in [3.63, 3.8) is 0 Å². The van der Waals surface area contributed by atoms with Gasteiger partial charge >= 0.3 is 0 Å². The molecule has 1 amide bonds. The number of non-ortho nitro benzene ring substituents is 1. The van der Waals surface area contributed by atoms with Gasteiger partial charge in [-0.1, -0.05) is 12.1 Å². The summed E-state index contributed by atoms with van der Waals surface area (Å²) in [5.74, 6) is 0.525. The fraction of sp³-hybridized carbons (Fsp3) is 0.294. The zero-order chi connectivity index (χ0) is 17.9. The predicted octanol–water partition coefficient (Wildman–Crippen LogP) is 2.89. The molecule has 7 nitrogen and oxygen atoms in total. The Kier molecular flexibility index (Phi) is 5.13. The number of aromatic nitrogens is 1. The maximum atomic E-state index is 12.7. The summed E-state index contributed by atoms with van der Waals surface area (Å²) in [6.45, 7) is 1.84. The molecule has 0 N–H and O–H groups in total. The third-order valence-electron chi connectivity index (χ3n) is 3.92. The van der Waals surface area contributed by atoms with Crippen molar-refractivity contribution in [2.24, 2.45) is 0 Å². The molecule has 0 aliphatic carbocycles. The van der Waals surface area contributed by atoms with Crippen LogP contribution in [0, 0.1) is 10.1 Å². The maximum Gasteiger partial charge on any atom is 0.269 e. The molecule has 0 saturated heterocycles. The fourth-order valence-electron chi connectivity index (χ4n) is 2.30. The number of anilines is 1. The molecule has 0 radical (unpaired) electrons. The number of rotatable bonds is 5. The van der Waals surface area contributed by atoms with Gasteiger partial charge in [0, 0.05) is 45.0 Å². The number of carbonyl (C=O) groups excluding carboxylic acids is 1. The second kappa shape index (κ2) is 7.08. The number of nitro groups is 1. The van der Waals surface area contributed by atoms with Crippen molar-refractivity contribution in [2.45, 2.75) is 13.0 Å². The number of carbonyl (C=O) groups is 1. The van der Waals surface area contributed by atoms with Crippen molar-refractivity contribution in [1.29, 1.82) is 0 Å². The van der Waals surface area contributed by atoms with Crippen molar-refractivity contribution in [2.75, 3.05) is 26.0 Å². The quantitative estimate of drug-likeness (QED) is 0.623. The molecule has 0 unspecified atom stereocenters. The molecule has 0 aliphatic heterocycles. The van der Waals surface area contributed by atoms with Gasteiger partial charge in [0.2, 0.25) is 0 Å². The highest BCUT2D eigenvalue weighted by molar-refractivity contribution is 5.95. The molecule has 7 heteroatoms. The minimum atomic E-state index is -0.440. The highest BCUT2D eigenvalue weighted by Gasteiger charge is 2.21. The summed E-state index contributed by atoms with van der Waals surface area (Å²) in [6, 6.07) is 9.41. The lowest BCUT2D eigenvalue weighted by Crippen LogP contribution is -2.30. The first kappa shape index (κ1) is 17.4. The molecule has 0 spiro atoms.